The first-order chi connectivity index (χ1) is 7.74. The molecule has 0 radical (unpaired) electrons. The van der Waals surface area contributed by atoms with Gasteiger partial charge in [-0.3, -0.25) is 0 Å². The summed E-state index contributed by atoms with van der Waals surface area (Å²) < 4.78 is 5.39. The lowest BCUT2D eigenvalue weighted by molar-refractivity contribution is 0.105. The van der Waals surface area contributed by atoms with Crippen molar-refractivity contribution < 1.29 is 4.74 Å². The van der Waals surface area contributed by atoms with Gasteiger partial charge in [-0.15, -0.1) is 0 Å². The molecule has 1 rings (SSSR count). The number of ether oxygens (including phenoxy) is 1. The lowest BCUT2D eigenvalue weighted by Crippen LogP contribution is -2.41. The Kier molecular flexibility index (Phi) is 7.01. The van der Waals surface area contributed by atoms with Crippen molar-refractivity contribution in [2.24, 2.45) is 0 Å². The molecule has 2 unspecified atom stereocenters. The van der Waals surface area contributed by atoms with E-state index in [1.807, 2.05) is 0 Å². The molecule has 0 aromatic rings. The van der Waals surface area contributed by atoms with Crippen LogP contribution in [0.4, 0.5) is 0 Å². The molecule has 96 valence electrons. The van der Waals surface area contributed by atoms with Gasteiger partial charge in [-0.05, 0) is 46.7 Å². The summed E-state index contributed by atoms with van der Waals surface area (Å²) in [5.74, 6) is 0. The number of hydrogen-bond donors (Lipinski definition) is 1. The fourth-order valence-corrected chi connectivity index (χ4v) is 2.29. The average Bonchev–Trinajstić information content (AvgIpc) is 2.30. The third kappa shape index (κ3) is 5.28. The van der Waals surface area contributed by atoms with Gasteiger partial charge in [0.05, 0.1) is 6.61 Å². The van der Waals surface area contributed by atoms with E-state index in [2.05, 4.69) is 31.1 Å². The zero-order valence-electron chi connectivity index (χ0n) is 11.2. The van der Waals surface area contributed by atoms with Crippen LogP contribution in [0.5, 0.6) is 0 Å². The molecule has 3 nitrogen and oxygen atoms in total. The van der Waals surface area contributed by atoms with Crippen molar-refractivity contribution in [3.8, 4) is 0 Å². The number of likely N-dealkylation sites (N-methyl/N-ethyl adjacent to an activating group) is 1. The maximum absolute atomic E-state index is 5.39. The van der Waals surface area contributed by atoms with E-state index in [4.69, 9.17) is 4.74 Å². The van der Waals surface area contributed by atoms with Crippen molar-refractivity contribution in [2.45, 2.75) is 51.6 Å². The van der Waals surface area contributed by atoms with Gasteiger partial charge in [-0.25, -0.2) is 0 Å². The molecular weight excluding hydrogens is 200 g/mol. The maximum atomic E-state index is 5.39. The molecule has 0 aromatic heterocycles. The minimum atomic E-state index is 0.649. The number of rotatable bonds is 7. The van der Waals surface area contributed by atoms with Crippen LogP contribution in [0.1, 0.15) is 39.5 Å². The second-order valence-electron chi connectivity index (χ2n) is 4.91. The van der Waals surface area contributed by atoms with Crippen LogP contribution in [0.2, 0.25) is 0 Å². The summed E-state index contributed by atoms with van der Waals surface area (Å²) in [4.78, 5) is 2.41. The van der Waals surface area contributed by atoms with Crippen LogP contribution in [-0.4, -0.2) is 50.3 Å². The Hall–Kier alpha value is -0.120. The zero-order chi connectivity index (χ0) is 11.8. The van der Waals surface area contributed by atoms with Gasteiger partial charge in [0, 0.05) is 25.2 Å². The van der Waals surface area contributed by atoms with Crippen molar-refractivity contribution in [3.05, 3.63) is 0 Å². The summed E-state index contributed by atoms with van der Waals surface area (Å²) in [6.07, 6.45) is 5.37. The quantitative estimate of drug-likeness (QED) is 0.673. The molecule has 0 amide bonds. The van der Waals surface area contributed by atoms with E-state index in [9.17, 15) is 0 Å². The SMILES string of the molecule is CCOCCN(C)C(C)CC1CCCCN1. The molecule has 1 N–H and O–H groups in total. The fourth-order valence-electron chi connectivity index (χ4n) is 2.29. The first-order valence-corrected chi connectivity index (χ1v) is 6.75. The van der Waals surface area contributed by atoms with Crippen LogP contribution < -0.4 is 5.32 Å². The number of nitrogens with one attached hydrogen (secondary N) is 1. The Morgan fingerprint density at radius 3 is 2.88 bits per heavy atom. The summed E-state index contributed by atoms with van der Waals surface area (Å²) in [6.45, 7) is 8.31. The van der Waals surface area contributed by atoms with E-state index in [0.717, 1.165) is 25.8 Å². The van der Waals surface area contributed by atoms with Crippen molar-refractivity contribution in [1.82, 2.24) is 10.2 Å². The van der Waals surface area contributed by atoms with Gasteiger partial charge >= 0.3 is 0 Å². The first-order valence-electron chi connectivity index (χ1n) is 6.75. The number of hydrogen-bond acceptors (Lipinski definition) is 3. The second-order valence-corrected chi connectivity index (χ2v) is 4.91. The number of nitrogens with zero attached hydrogens (tertiary/aromatic N) is 1. The molecule has 0 aromatic carbocycles. The molecule has 1 heterocycles. The predicted octanol–water partition coefficient (Wildman–Crippen LogP) is 1.88. The molecule has 0 bridgehead atoms. The van der Waals surface area contributed by atoms with Gasteiger partial charge in [-0.1, -0.05) is 6.42 Å². The molecule has 16 heavy (non-hydrogen) atoms. The average molecular weight is 228 g/mol. The molecule has 0 saturated carbocycles. The maximum Gasteiger partial charge on any atom is 0.0593 e. The highest BCUT2D eigenvalue weighted by molar-refractivity contribution is 4.77. The molecule has 0 aliphatic carbocycles. The first kappa shape index (κ1) is 13.9. The second kappa shape index (κ2) is 8.04. The standard InChI is InChI=1S/C13H28N2O/c1-4-16-10-9-15(3)12(2)11-13-7-5-6-8-14-13/h12-14H,4-11H2,1-3H3. The topological polar surface area (TPSA) is 24.5 Å². The molecule has 1 saturated heterocycles. The molecule has 0 spiro atoms. The summed E-state index contributed by atoms with van der Waals surface area (Å²) in [6, 6.07) is 1.38. The summed E-state index contributed by atoms with van der Waals surface area (Å²) in [5, 5.41) is 3.61. The monoisotopic (exact) mass is 228 g/mol. The minimum Gasteiger partial charge on any atom is -0.380 e. The molecule has 3 heteroatoms. The van der Waals surface area contributed by atoms with E-state index in [1.165, 1.54) is 32.2 Å². The van der Waals surface area contributed by atoms with E-state index < -0.39 is 0 Å². The smallest absolute Gasteiger partial charge is 0.0593 e. The van der Waals surface area contributed by atoms with Crippen LogP contribution >= 0.6 is 0 Å². The molecular formula is C13H28N2O. The van der Waals surface area contributed by atoms with Gasteiger partial charge in [0.2, 0.25) is 0 Å². The van der Waals surface area contributed by atoms with Crippen LogP contribution in [0, 0.1) is 0 Å². The van der Waals surface area contributed by atoms with Crippen molar-refractivity contribution in [3.63, 3.8) is 0 Å². The van der Waals surface area contributed by atoms with Crippen molar-refractivity contribution >= 4 is 0 Å². The summed E-state index contributed by atoms with van der Waals surface area (Å²) in [7, 11) is 2.20. The summed E-state index contributed by atoms with van der Waals surface area (Å²) >= 11 is 0. The van der Waals surface area contributed by atoms with Gasteiger partial charge in [0.1, 0.15) is 0 Å². The molecule has 1 aliphatic heterocycles. The Balaban J connectivity index is 2.14. The van der Waals surface area contributed by atoms with Crippen molar-refractivity contribution in [1.29, 1.82) is 0 Å². The Morgan fingerprint density at radius 1 is 1.44 bits per heavy atom. The molecule has 2 atom stereocenters. The van der Waals surface area contributed by atoms with Gasteiger partial charge in [-0.2, -0.15) is 0 Å². The Morgan fingerprint density at radius 2 is 2.25 bits per heavy atom. The van der Waals surface area contributed by atoms with Crippen LogP contribution in [-0.2, 0) is 4.74 Å². The lowest BCUT2D eigenvalue weighted by Gasteiger charge is -2.31. The zero-order valence-corrected chi connectivity index (χ0v) is 11.2. The largest absolute Gasteiger partial charge is 0.380 e. The number of piperidine rings is 1. The van der Waals surface area contributed by atoms with Crippen LogP contribution in [0.25, 0.3) is 0 Å². The van der Waals surface area contributed by atoms with E-state index in [0.29, 0.717) is 6.04 Å². The highest BCUT2D eigenvalue weighted by Gasteiger charge is 2.17. The van der Waals surface area contributed by atoms with Gasteiger partial charge in [0.25, 0.3) is 0 Å². The Bertz CT molecular complexity index is 169. The third-order valence-electron chi connectivity index (χ3n) is 3.58. The van der Waals surface area contributed by atoms with Gasteiger partial charge < -0.3 is 15.0 Å². The Labute approximate surface area is 101 Å². The third-order valence-corrected chi connectivity index (χ3v) is 3.58. The van der Waals surface area contributed by atoms with Gasteiger partial charge in [0.15, 0.2) is 0 Å². The normalized spacial score (nSPS) is 23.6. The van der Waals surface area contributed by atoms with Crippen LogP contribution in [0.15, 0.2) is 0 Å². The highest BCUT2D eigenvalue weighted by atomic mass is 16.5. The summed E-state index contributed by atoms with van der Waals surface area (Å²) in [5.41, 5.74) is 0. The highest BCUT2D eigenvalue weighted by Crippen LogP contribution is 2.14. The van der Waals surface area contributed by atoms with E-state index in [1.54, 1.807) is 0 Å². The van der Waals surface area contributed by atoms with Crippen molar-refractivity contribution in [2.75, 3.05) is 33.4 Å². The fraction of sp³-hybridized carbons (Fsp3) is 1.00. The predicted molar refractivity (Wildman–Crippen MR) is 68.8 cm³/mol. The minimum absolute atomic E-state index is 0.649. The molecule has 1 aliphatic rings. The van der Waals surface area contributed by atoms with Crippen LogP contribution in [0.3, 0.4) is 0 Å². The lowest BCUT2D eigenvalue weighted by atomic mass is 9.98. The van der Waals surface area contributed by atoms with E-state index in [-0.39, 0.29) is 0 Å². The molecule has 1 fully saturated rings. The van der Waals surface area contributed by atoms with E-state index >= 15 is 0 Å².